The zero-order chi connectivity index (χ0) is 26.6. The van der Waals surface area contributed by atoms with E-state index in [-0.39, 0.29) is 25.1 Å². The van der Waals surface area contributed by atoms with Gasteiger partial charge in [-0.2, -0.15) is 0 Å². The highest BCUT2D eigenvalue weighted by Gasteiger charge is 2.21. The van der Waals surface area contributed by atoms with Gasteiger partial charge in [-0.15, -0.1) is 0 Å². The van der Waals surface area contributed by atoms with Gasteiger partial charge in [0.2, 0.25) is 0 Å². The van der Waals surface area contributed by atoms with E-state index in [9.17, 15) is 9.59 Å². The maximum atomic E-state index is 13.1. The Morgan fingerprint density at radius 1 is 1.19 bits per heavy atom. The highest BCUT2D eigenvalue weighted by atomic mass is 35.5. The summed E-state index contributed by atoms with van der Waals surface area (Å²) in [5.74, 6) is 0.370. The summed E-state index contributed by atoms with van der Waals surface area (Å²) in [4.78, 5) is 24.5. The molecule has 3 N–H and O–H groups in total. The summed E-state index contributed by atoms with van der Waals surface area (Å²) in [5, 5.41) is 9.60. The molecule has 2 aromatic rings. The van der Waals surface area contributed by atoms with Crippen molar-refractivity contribution < 1.29 is 23.8 Å². The molecule has 0 radical (unpaired) electrons. The molecule has 2 aromatic carbocycles. The van der Waals surface area contributed by atoms with E-state index < -0.39 is 12.2 Å². The van der Waals surface area contributed by atoms with Crippen LogP contribution in [0.5, 0.6) is 0 Å². The van der Waals surface area contributed by atoms with Gasteiger partial charge in [-0.1, -0.05) is 29.8 Å². The van der Waals surface area contributed by atoms with E-state index in [4.69, 9.17) is 21.1 Å². The number of methoxy groups -OCH3 is 1. The number of hydrogen-bond donors (Lipinski definition) is 3. The van der Waals surface area contributed by atoms with Gasteiger partial charge in [-0.05, 0) is 80.1 Å². The Bertz CT molecular complexity index is 1030. The van der Waals surface area contributed by atoms with E-state index in [0.717, 1.165) is 49.2 Å². The van der Waals surface area contributed by atoms with Gasteiger partial charge in [0.15, 0.2) is 0 Å². The molecule has 3 atom stereocenters. The van der Waals surface area contributed by atoms with E-state index in [1.807, 2.05) is 50.4 Å². The minimum absolute atomic E-state index is 0.143. The molecular formula is C28H38ClN3O5. The third-order valence-electron chi connectivity index (χ3n) is 6.61. The second-order valence-corrected chi connectivity index (χ2v) is 9.75. The monoisotopic (exact) mass is 531 g/mol. The summed E-state index contributed by atoms with van der Waals surface area (Å²) in [6, 6.07) is 13.2. The fourth-order valence-corrected chi connectivity index (χ4v) is 4.70. The zero-order valence-electron chi connectivity index (χ0n) is 21.8. The van der Waals surface area contributed by atoms with Crippen LogP contribution in [0.15, 0.2) is 42.5 Å². The second-order valence-electron chi connectivity index (χ2n) is 9.31. The van der Waals surface area contributed by atoms with Crippen LogP contribution in [0.3, 0.4) is 0 Å². The molecule has 1 aliphatic rings. The van der Waals surface area contributed by atoms with Crippen molar-refractivity contribution in [3.8, 4) is 0 Å². The predicted molar refractivity (Wildman–Crippen MR) is 144 cm³/mol. The molecule has 202 valence electrons. The summed E-state index contributed by atoms with van der Waals surface area (Å²) in [5.41, 5.74) is 3.27. The molecule has 1 fully saturated rings. The van der Waals surface area contributed by atoms with Gasteiger partial charge in [-0.3, -0.25) is 4.79 Å². The molecule has 0 saturated carbocycles. The standard InChI is InChI=1S/C28H38ClN3O5/c1-19-9-10-23(29)16-25(19)26(37-13-11-31-28(34)35-3)21-7-4-8-22(15-21)27(33)32-17-24(30-2)14-20-6-5-12-36-18-20/h4,7-10,15-16,20,24,26,30H,5-6,11-14,17-18H2,1-3H3,(H,31,34)(H,32,33). The maximum Gasteiger partial charge on any atom is 0.406 e. The number of rotatable bonds is 12. The van der Waals surface area contributed by atoms with Crippen molar-refractivity contribution in [3.63, 3.8) is 0 Å². The molecule has 8 nitrogen and oxygen atoms in total. The summed E-state index contributed by atoms with van der Waals surface area (Å²) >= 11 is 6.30. The lowest BCUT2D eigenvalue weighted by Crippen LogP contribution is -2.41. The SMILES string of the molecule is CNC(CNC(=O)c1cccc(C(OCCNC(=O)OC)c2cc(Cl)ccc2C)c1)CC1CCCOC1. The Balaban J connectivity index is 1.70. The first kappa shape index (κ1) is 28.9. The number of likely N-dealkylation sites (N-methyl/N-ethyl adjacent to an activating group) is 1. The van der Waals surface area contributed by atoms with E-state index in [1.54, 1.807) is 6.07 Å². The van der Waals surface area contributed by atoms with Crippen molar-refractivity contribution >= 4 is 23.6 Å². The van der Waals surface area contributed by atoms with Crippen LogP contribution in [0.2, 0.25) is 5.02 Å². The number of amides is 2. The van der Waals surface area contributed by atoms with Crippen LogP contribution in [-0.4, -0.2) is 65.1 Å². The molecule has 1 saturated heterocycles. The minimum Gasteiger partial charge on any atom is -0.453 e. The van der Waals surface area contributed by atoms with Gasteiger partial charge in [0.1, 0.15) is 6.10 Å². The first-order valence-corrected chi connectivity index (χ1v) is 13.1. The number of hydrogen-bond acceptors (Lipinski definition) is 6. The Morgan fingerprint density at radius 3 is 2.76 bits per heavy atom. The van der Waals surface area contributed by atoms with Gasteiger partial charge >= 0.3 is 6.09 Å². The maximum absolute atomic E-state index is 13.1. The van der Waals surface area contributed by atoms with Crippen molar-refractivity contribution in [1.82, 2.24) is 16.0 Å². The number of aryl methyl sites for hydroxylation is 1. The Labute approximate surface area is 224 Å². The van der Waals surface area contributed by atoms with Crippen LogP contribution >= 0.6 is 11.6 Å². The van der Waals surface area contributed by atoms with Crippen molar-refractivity contribution in [2.45, 2.75) is 38.3 Å². The fraction of sp³-hybridized carbons (Fsp3) is 0.500. The van der Waals surface area contributed by atoms with Crippen molar-refractivity contribution in [1.29, 1.82) is 0 Å². The molecule has 3 unspecified atom stereocenters. The summed E-state index contributed by atoms with van der Waals surface area (Å²) in [7, 11) is 3.24. The number of halogens is 1. The molecule has 0 aromatic heterocycles. The van der Waals surface area contributed by atoms with E-state index in [2.05, 4.69) is 20.7 Å². The predicted octanol–water partition coefficient (Wildman–Crippen LogP) is 4.24. The third-order valence-corrected chi connectivity index (χ3v) is 6.84. The Hall–Kier alpha value is -2.65. The number of alkyl carbamates (subject to hydrolysis) is 1. The average molecular weight is 532 g/mol. The number of nitrogens with one attached hydrogen (secondary N) is 3. The van der Waals surface area contributed by atoms with Gasteiger partial charge in [0.05, 0.1) is 13.7 Å². The van der Waals surface area contributed by atoms with Crippen LogP contribution in [0.1, 0.15) is 52.4 Å². The molecule has 1 heterocycles. The zero-order valence-corrected chi connectivity index (χ0v) is 22.6. The Morgan fingerprint density at radius 2 is 2.03 bits per heavy atom. The quantitative estimate of drug-likeness (QED) is 0.354. The number of carbonyl (C=O) groups excluding carboxylic acids is 2. The van der Waals surface area contributed by atoms with Crippen LogP contribution in [-0.2, 0) is 14.2 Å². The van der Waals surface area contributed by atoms with Gasteiger partial charge in [0.25, 0.3) is 5.91 Å². The van der Waals surface area contributed by atoms with Crippen LogP contribution < -0.4 is 16.0 Å². The minimum atomic E-state index is -0.520. The molecular weight excluding hydrogens is 494 g/mol. The van der Waals surface area contributed by atoms with Gasteiger partial charge in [0, 0.05) is 42.9 Å². The second kappa shape index (κ2) is 14.9. The molecule has 37 heavy (non-hydrogen) atoms. The highest BCUT2D eigenvalue weighted by Crippen LogP contribution is 2.31. The normalized spacial score (nSPS) is 17.0. The first-order valence-electron chi connectivity index (χ1n) is 12.7. The number of carbonyl (C=O) groups is 2. The largest absolute Gasteiger partial charge is 0.453 e. The lowest BCUT2D eigenvalue weighted by molar-refractivity contribution is 0.0478. The van der Waals surface area contributed by atoms with E-state index in [1.165, 1.54) is 7.11 Å². The van der Waals surface area contributed by atoms with Crippen LogP contribution in [0.4, 0.5) is 4.79 Å². The summed E-state index contributed by atoms with van der Waals surface area (Å²) in [6.07, 6.45) is 2.22. The van der Waals surface area contributed by atoms with E-state index in [0.29, 0.717) is 23.0 Å². The first-order chi connectivity index (χ1) is 17.9. The van der Waals surface area contributed by atoms with Crippen molar-refractivity contribution in [2.24, 2.45) is 5.92 Å². The summed E-state index contributed by atoms with van der Waals surface area (Å²) in [6.45, 7) is 4.67. The average Bonchev–Trinajstić information content (AvgIpc) is 2.92. The topological polar surface area (TPSA) is 97.9 Å². The van der Waals surface area contributed by atoms with E-state index >= 15 is 0 Å². The number of benzene rings is 2. The van der Waals surface area contributed by atoms with Gasteiger partial charge in [-0.25, -0.2) is 4.79 Å². The van der Waals surface area contributed by atoms with Crippen LogP contribution in [0.25, 0.3) is 0 Å². The Kier molecular flexibility index (Phi) is 11.7. The summed E-state index contributed by atoms with van der Waals surface area (Å²) < 4.78 is 16.4. The third kappa shape index (κ3) is 9.00. The molecule has 0 bridgehead atoms. The molecule has 2 amide bonds. The van der Waals surface area contributed by atoms with Gasteiger partial charge < -0.3 is 30.2 Å². The molecule has 9 heteroatoms. The molecule has 0 spiro atoms. The fourth-order valence-electron chi connectivity index (χ4n) is 4.52. The number of ether oxygens (including phenoxy) is 3. The van der Waals surface area contributed by atoms with Crippen molar-refractivity contribution in [2.75, 3.05) is 47.1 Å². The highest BCUT2D eigenvalue weighted by molar-refractivity contribution is 6.30. The lowest BCUT2D eigenvalue weighted by Gasteiger charge is -2.26. The molecule has 1 aliphatic heterocycles. The molecule has 0 aliphatic carbocycles. The van der Waals surface area contributed by atoms with Crippen molar-refractivity contribution in [3.05, 3.63) is 69.7 Å². The lowest BCUT2D eigenvalue weighted by atomic mass is 9.94. The molecule has 3 rings (SSSR count). The van der Waals surface area contributed by atoms with Crippen LogP contribution in [0, 0.1) is 12.8 Å². The smallest absolute Gasteiger partial charge is 0.406 e.